The van der Waals surface area contributed by atoms with Crippen LogP contribution in [0.5, 0.6) is 0 Å². The van der Waals surface area contributed by atoms with Gasteiger partial charge in [0.25, 0.3) is 0 Å². The predicted molar refractivity (Wildman–Crippen MR) is 108 cm³/mol. The number of hydrogen-bond acceptors (Lipinski definition) is 3. The van der Waals surface area contributed by atoms with E-state index in [0.717, 1.165) is 17.5 Å². The molecule has 0 fully saturated rings. The Bertz CT molecular complexity index is 880. The Morgan fingerprint density at radius 1 is 1.04 bits per heavy atom. The van der Waals surface area contributed by atoms with E-state index >= 15 is 0 Å². The highest BCUT2D eigenvalue weighted by atomic mass is 16.6. The van der Waals surface area contributed by atoms with Gasteiger partial charge in [-0.05, 0) is 24.5 Å². The Balaban J connectivity index is 2.13. The number of benzene rings is 2. The summed E-state index contributed by atoms with van der Waals surface area (Å²) in [7, 11) is 0. The molecule has 6 heteroatoms. The van der Waals surface area contributed by atoms with E-state index in [4.69, 9.17) is 0 Å². The summed E-state index contributed by atoms with van der Waals surface area (Å²) >= 11 is 0. The maximum Gasteiger partial charge on any atom is 0.327 e. The smallest absolute Gasteiger partial charge is 0.298 e. The van der Waals surface area contributed by atoms with Gasteiger partial charge in [0.1, 0.15) is 0 Å². The van der Waals surface area contributed by atoms with Crippen LogP contribution in [0.2, 0.25) is 0 Å². The van der Waals surface area contributed by atoms with Crippen LogP contribution in [0.4, 0.5) is 4.79 Å². The number of allylic oxidation sites excluding steroid dienone is 1. The van der Waals surface area contributed by atoms with Gasteiger partial charge in [0.15, 0.2) is 0 Å². The lowest BCUT2D eigenvalue weighted by Crippen LogP contribution is -2.64. The van der Waals surface area contributed by atoms with Crippen LogP contribution in [0, 0.1) is 10.1 Å². The van der Waals surface area contributed by atoms with Gasteiger partial charge in [0, 0.05) is 18.7 Å². The first kappa shape index (κ1) is 19.6. The van der Waals surface area contributed by atoms with Gasteiger partial charge in [-0.2, -0.15) is 0 Å². The van der Waals surface area contributed by atoms with Crippen molar-refractivity contribution in [1.82, 2.24) is 10.2 Å². The summed E-state index contributed by atoms with van der Waals surface area (Å²) in [6.07, 6.45) is 1.28. The monoisotopic (exact) mass is 379 g/mol. The van der Waals surface area contributed by atoms with E-state index in [9.17, 15) is 14.9 Å². The fourth-order valence-electron chi connectivity index (χ4n) is 3.76. The molecule has 0 spiro atoms. The van der Waals surface area contributed by atoms with E-state index in [0.29, 0.717) is 24.2 Å². The molecule has 0 saturated heterocycles. The molecule has 1 aliphatic heterocycles. The lowest BCUT2D eigenvalue weighted by Gasteiger charge is -2.39. The second kappa shape index (κ2) is 8.25. The van der Waals surface area contributed by atoms with Crippen molar-refractivity contribution in [3.05, 3.63) is 93.2 Å². The summed E-state index contributed by atoms with van der Waals surface area (Å²) in [6, 6.07) is 18.5. The molecule has 2 amide bonds. The molecular weight excluding hydrogens is 354 g/mol. The normalized spacial score (nSPS) is 19.5. The highest BCUT2D eigenvalue weighted by molar-refractivity contribution is 5.79. The molecule has 1 aliphatic rings. The number of carbonyl (C=O) groups excluding carboxylic acids is 1. The summed E-state index contributed by atoms with van der Waals surface area (Å²) in [6.45, 7) is 4.32. The molecule has 2 aromatic rings. The minimum Gasteiger partial charge on any atom is -0.298 e. The van der Waals surface area contributed by atoms with Crippen LogP contribution in [-0.4, -0.2) is 28.1 Å². The van der Waals surface area contributed by atoms with Gasteiger partial charge in [-0.3, -0.25) is 20.3 Å². The third-order valence-corrected chi connectivity index (χ3v) is 5.19. The van der Waals surface area contributed by atoms with Gasteiger partial charge in [0.05, 0.1) is 16.9 Å². The molecule has 2 aromatic carbocycles. The molecule has 0 radical (unpaired) electrons. The zero-order chi connectivity index (χ0) is 20.1. The molecule has 146 valence electrons. The van der Waals surface area contributed by atoms with Crippen LogP contribution >= 0.6 is 0 Å². The molecule has 0 aliphatic carbocycles. The lowest BCUT2D eigenvalue weighted by molar-refractivity contribution is -0.564. The Kier molecular flexibility index (Phi) is 5.78. The number of nitrogens with zero attached hydrogens (tertiary/aromatic N) is 2. The fraction of sp³-hybridized carbons (Fsp3) is 0.318. The van der Waals surface area contributed by atoms with Crippen molar-refractivity contribution < 1.29 is 9.72 Å². The van der Waals surface area contributed by atoms with E-state index in [1.807, 2.05) is 74.5 Å². The molecule has 1 heterocycles. The Labute approximate surface area is 165 Å². The van der Waals surface area contributed by atoms with Crippen molar-refractivity contribution in [1.29, 1.82) is 0 Å². The van der Waals surface area contributed by atoms with Crippen LogP contribution < -0.4 is 5.32 Å². The van der Waals surface area contributed by atoms with E-state index in [1.54, 1.807) is 4.90 Å². The zero-order valence-electron chi connectivity index (χ0n) is 16.2. The largest absolute Gasteiger partial charge is 0.327 e. The Morgan fingerprint density at radius 2 is 1.61 bits per heavy atom. The average molecular weight is 379 g/mol. The van der Waals surface area contributed by atoms with E-state index in [2.05, 4.69) is 5.32 Å². The maximum atomic E-state index is 12.8. The molecule has 0 aromatic heterocycles. The van der Waals surface area contributed by atoms with Gasteiger partial charge >= 0.3 is 11.7 Å². The number of nitrogens with one attached hydrogen (secondary N) is 1. The third-order valence-electron chi connectivity index (χ3n) is 5.19. The second-order valence-electron chi connectivity index (χ2n) is 7.09. The zero-order valence-corrected chi connectivity index (χ0v) is 16.2. The van der Waals surface area contributed by atoms with Crippen molar-refractivity contribution in [2.45, 2.75) is 38.8 Å². The minimum atomic E-state index is -1.66. The SMILES string of the molecule is CCCN1C(=O)NC(Cc2ccccc2)([N+](=O)[O-])C(Cc2ccccc2)=C1C. The van der Waals surface area contributed by atoms with Crippen molar-refractivity contribution in [3.8, 4) is 0 Å². The Morgan fingerprint density at radius 3 is 2.14 bits per heavy atom. The van der Waals surface area contributed by atoms with Crippen LogP contribution in [-0.2, 0) is 12.8 Å². The van der Waals surface area contributed by atoms with E-state index < -0.39 is 11.7 Å². The topological polar surface area (TPSA) is 75.5 Å². The number of nitro groups is 1. The summed E-state index contributed by atoms with van der Waals surface area (Å²) in [5.41, 5.74) is 1.41. The van der Waals surface area contributed by atoms with Crippen molar-refractivity contribution in [2.24, 2.45) is 0 Å². The fourth-order valence-corrected chi connectivity index (χ4v) is 3.76. The summed E-state index contributed by atoms with van der Waals surface area (Å²) in [5.74, 6) is 0. The number of urea groups is 1. The van der Waals surface area contributed by atoms with Gasteiger partial charge < -0.3 is 0 Å². The molecule has 3 rings (SSSR count). The molecule has 1 atom stereocenters. The number of amides is 2. The highest BCUT2D eigenvalue weighted by Gasteiger charge is 2.53. The molecule has 1 N–H and O–H groups in total. The van der Waals surface area contributed by atoms with Gasteiger partial charge in [-0.25, -0.2) is 4.79 Å². The maximum absolute atomic E-state index is 12.8. The van der Waals surface area contributed by atoms with Crippen molar-refractivity contribution in [3.63, 3.8) is 0 Å². The number of carbonyl (C=O) groups is 1. The predicted octanol–water partition coefficient (Wildman–Crippen LogP) is 4.15. The summed E-state index contributed by atoms with van der Waals surface area (Å²) in [4.78, 5) is 26.4. The summed E-state index contributed by atoms with van der Waals surface area (Å²) < 4.78 is 0. The Hall–Kier alpha value is -3.15. The highest BCUT2D eigenvalue weighted by Crippen LogP contribution is 2.34. The van der Waals surface area contributed by atoms with Gasteiger partial charge in [-0.1, -0.05) is 67.6 Å². The van der Waals surface area contributed by atoms with Crippen LogP contribution in [0.25, 0.3) is 0 Å². The van der Waals surface area contributed by atoms with E-state index in [-0.39, 0.29) is 11.3 Å². The number of hydrogen-bond donors (Lipinski definition) is 1. The molecule has 28 heavy (non-hydrogen) atoms. The standard InChI is InChI=1S/C22H25N3O3/c1-3-14-24-17(2)20(15-18-10-6-4-7-11-18)22(25(27)28,23-21(24)26)16-19-12-8-5-9-13-19/h4-13H,3,14-16H2,1-2H3,(H,23,26). The summed E-state index contributed by atoms with van der Waals surface area (Å²) in [5, 5.41) is 15.1. The molecule has 0 bridgehead atoms. The van der Waals surface area contributed by atoms with Crippen molar-refractivity contribution >= 4 is 6.03 Å². The van der Waals surface area contributed by atoms with Crippen LogP contribution in [0.1, 0.15) is 31.4 Å². The van der Waals surface area contributed by atoms with Gasteiger partial charge in [0.2, 0.25) is 0 Å². The third kappa shape index (κ3) is 3.76. The molecule has 6 nitrogen and oxygen atoms in total. The second-order valence-corrected chi connectivity index (χ2v) is 7.09. The first-order valence-electron chi connectivity index (χ1n) is 9.50. The molecule has 0 saturated carbocycles. The molecular formula is C22H25N3O3. The average Bonchev–Trinajstić information content (AvgIpc) is 2.69. The van der Waals surface area contributed by atoms with Crippen LogP contribution in [0.3, 0.4) is 0 Å². The first-order valence-corrected chi connectivity index (χ1v) is 9.50. The molecule has 1 unspecified atom stereocenters. The number of rotatable bonds is 7. The quantitative estimate of drug-likeness (QED) is 0.580. The minimum absolute atomic E-state index is 0.103. The van der Waals surface area contributed by atoms with Gasteiger partial charge in [-0.15, -0.1) is 0 Å². The van der Waals surface area contributed by atoms with Crippen molar-refractivity contribution in [2.75, 3.05) is 6.54 Å². The van der Waals surface area contributed by atoms with E-state index in [1.165, 1.54) is 0 Å². The van der Waals surface area contributed by atoms with Crippen LogP contribution in [0.15, 0.2) is 71.9 Å². The lowest BCUT2D eigenvalue weighted by atomic mass is 9.85. The first-order chi connectivity index (χ1) is 13.5.